The highest BCUT2D eigenvalue weighted by Crippen LogP contribution is 2.08. The predicted octanol–water partition coefficient (Wildman–Crippen LogP) is 1.07. The summed E-state index contributed by atoms with van der Waals surface area (Å²) in [5.41, 5.74) is -0.301. The fourth-order valence-corrected chi connectivity index (χ4v) is 2.90. The summed E-state index contributed by atoms with van der Waals surface area (Å²) >= 11 is 0. The van der Waals surface area contributed by atoms with Crippen molar-refractivity contribution in [1.82, 2.24) is 14.0 Å². The minimum atomic E-state index is -0.458. The average molecular weight is 347 g/mol. The molecule has 0 aliphatic carbocycles. The summed E-state index contributed by atoms with van der Waals surface area (Å²) in [5.74, 6) is -0.139. The van der Waals surface area contributed by atoms with E-state index in [0.29, 0.717) is 37.0 Å². The monoisotopic (exact) mass is 347 g/mol. The first-order valence-electron chi connectivity index (χ1n) is 8.54. The average Bonchev–Trinajstić information content (AvgIpc) is 2.62. The second-order valence-corrected chi connectivity index (χ2v) is 5.76. The third kappa shape index (κ3) is 3.99. The number of rotatable bonds is 8. The van der Waals surface area contributed by atoms with Gasteiger partial charge in [-0.05, 0) is 32.4 Å². The number of hydrogen-bond donors (Lipinski definition) is 0. The van der Waals surface area contributed by atoms with Gasteiger partial charge in [-0.25, -0.2) is 4.79 Å². The Balaban J connectivity index is 2.55. The van der Waals surface area contributed by atoms with Crippen LogP contribution in [0.3, 0.4) is 0 Å². The number of hydrogen-bond acceptors (Lipinski definition) is 4. The van der Waals surface area contributed by atoms with Gasteiger partial charge in [0.05, 0.1) is 10.9 Å². The molecule has 0 spiro atoms. The van der Waals surface area contributed by atoms with Crippen LogP contribution in [0.2, 0.25) is 0 Å². The molecule has 0 radical (unpaired) electrons. The Kier molecular flexibility index (Phi) is 6.52. The summed E-state index contributed by atoms with van der Waals surface area (Å²) in [5, 5.41) is 0.437. The summed E-state index contributed by atoms with van der Waals surface area (Å²) in [4.78, 5) is 39.6. The number of likely N-dealkylation sites (N-methyl/N-ethyl adjacent to an activating group) is 1. The minimum Gasteiger partial charge on any atom is -0.385 e. The van der Waals surface area contributed by atoms with Crippen LogP contribution in [0.15, 0.2) is 33.9 Å². The van der Waals surface area contributed by atoms with Gasteiger partial charge in [0.25, 0.3) is 5.56 Å². The number of amides is 1. The number of methoxy groups -OCH3 is 1. The second kappa shape index (κ2) is 8.62. The topological polar surface area (TPSA) is 73.5 Å². The maximum Gasteiger partial charge on any atom is 0.331 e. The lowest BCUT2D eigenvalue weighted by Gasteiger charge is -2.20. The molecule has 0 N–H and O–H groups in total. The molecule has 0 aliphatic rings. The van der Waals surface area contributed by atoms with E-state index in [0.717, 1.165) is 0 Å². The number of benzene rings is 1. The molecule has 2 aromatic rings. The second-order valence-electron chi connectivity index (χ2n) is 5.76. The van der Waals surface area contributed by atoms with E-state index in [-0.39, 0.29) is 24.6 Å². The van der Waals surface area contributed by atoms with E-state index in [1.807, 2.05) is 13.8 Å². The molecule has 0 unspecified atom stereocenters. The zero-order chi connectivity index (χ0) is 18.4. The molecular weight excluding hydrogens is 322 g/mol. The van der Waals surface area contributed by atoms with Crippen LogP contribution in [-0.2, 0) is 22.6 Å². The molecule has 7 heteroatoms. The molecule has 1 aromatic carbocycles. The minimum absolute atomic E-state index is 0.0778. The van der Waals surface area contributed by atoms with Gasteiger partial charge in [0.15, 0.2) is 0 Å². The largest absolute Gasteiger partial charge is 0.385 e. The number of nitrogens with zero attached hydrogens (tertiary/aromatic N) is 3. The number of aromatic nitrogens is 2. The van der Waals surface area contributed by atoms with Gasteiger partial charge < -0.3 is 9.64 Å². The van der Waals surface area contributed by atoms with E-state index in [1.54, 1.807) is 36.3 Å². The lowest BCUT2D eigenvalue weighted by atomic mass is 10.2. The third-order valence-electron chi connectivity index (χ3n) is 4.27. The van der Waals surface area contributed by atoms with Crippen LogP contribution in [0.4, 0.5) is 0 Å². The summed E-state index contributed by atoms with van der Waals surface area (Å²) < 4.78 is 7.59. The zero-order valence-electron chi connectivity index (χ0n) is 15.0. The van der Waals surface area contributed by atoms with Gasteiger partial charge in [-0.2, -0.15) is 0 Å². The van der Waals surface area contributed by atoms with Gasteiger partial charge in [0.2, 0.25) is 5.91 Å². The quantitative estimate of drug-likeness (QED) is 0.670. The molecule has 0 bridgehead atoms. The van der Waals surface area contributed by atoms with Crippen molar-refractivity contribution in [1.29, 1.82) is 0 Å². The van der Waals surface area contributed by atoms with Crippen molar-refractivity contribution < 1.29 is 9.53 Å². The number of fused-ring (bicyclic) bond motifs is 1. The molecule has 7 nitrogen and oxygen atoms in total. The van der Waals surface area contributed by atoms with Crippen LogP contribution in [0, 0.1) is 0 Å². The summed E-state index contributed by atoms with van der Waals surface area (Å²) in [6.07, 6.45) is 0.550. The highest BCUT2D eigenvalue weighted by molar-refractivity contribution is 5.81. The molecule has 1 heterocycles. The summed E-state index contributed by atoms with van der Waals surface area (Å²) in [6, 6.07) is 6.90. The van der Waals surface area contributed by atoms with Gasteiger partial charge in [-0.3, -0.25) is 18.7 Å². The van der Waals surface area contributed by atoms with Crippen LogP contribution in [-0.4, -0.2) is 46.7 Å². The third-order valence-corrected chi connectivity index (χ3v) is 4.27. The standard InChI is InChI=1S/C18H25N3O4/c1-4-19(5-2)16(22)13-21-15-10-7-6-9-14(15)17(23)20(18(21)24)11-8-12-25-3/h6-7,9-10H,4-5,8,11-13H2,1-3H3. The van der Waals surface area contributed by atoms with E-state index in [9.17, 15) is 14.4 Å². The van der Waals surface area contributed by atoms with Crippen molar-refractivity contribution in [2.45, 2.75) is 33.4 Å². The lowest BCUT2D eigenvalue weighted by Crippen LogP contribution is -2.43. The maximum absolute atomic E-state index is 12.8. The molecule has 1 aromatic heterocycles. The Morgan fingerprint density at radius 2 is 1.80 bits per heavy atom. The molecule has 136 valence electrons. The number of ether oxygens (including phenoxy) is 1. The number of carbonyl (C=O) groups is 1. The van der Waals surface area contributed by atoms with Gasteiger partial charge in [-0.15, -0.1) is 0 Å². The van der Waals surface area contributed by atoms with E-state index in [1.165, 1.54) is 9.13 Å². The highest BCUT2D eigenvalue weighted by Gasteiger charge is 2.17. The van der Waals surface area contributed by atoms with Gasteiger partial charge in [0.1, 0.15) is 6.54 Å². The number of carbonyl (C=O) groups excluding carboxylic acids is 1. The van der Waals surface area contributed by atoms with Gasteiger partial charge in [-0.1, -0.05) is 12.1 Å². The van der Waals surface area contributed by atoms with Crippen LogP contribution in [0.5, 0.6) is 0 Å². The molecule has 0 saturated carbocycles. The molecular formula is C18H25N3O4. The fraction of sp³-hybridized carbons (Fsp3) is 0.500. The van der Waals surface area contributed by atoms with Crippen molar-refractivity contribution >= 4 is 16.8 Å². The first-order valence-corrected chi connectivity index (χ1v) is 8.54. The fourth-order valence-electron chi connectivity index (χ4n) is 2.90. The van der Waals surface area contributed by atoms with Crippen molar-refractivity contribution in [3.8, 4) is 0 Å². The normalized spacial score (nSPS) is 11.0. The Bertz CT molecular complexity index is 850. The van der Waals surface area contributed by atoms with Crippen LogP contribution in [0.25, 0.3) is 10.9 Å². The molecule has 0 aliphatic heterocycles. The molecule has 0 saturated heterocycles. The zero-order valence-corrected chi connectivity index (χ0v) is 15.0. The van der Waals surface area contributed by atoms with Crippen molar-refractivity contribution in [3.05, 3.63) is 45.1 Å². The van der Waals surface area contributed by atoms with Crippen LogP contribution in [0.1, 0.15) is 20.3 Å². The Morgan fingerprint density at radius 3 is 2.44 bits per heavy atom. The predicted molar refractivity (Wildman–Crippen MR) is 96.9 cm³/mol. The first kappa shape index (κ1) is 18.9. The van der Waals surface area contributed by atoms with Crippen LogP contribution >= 0.6 is 0 Å². The first-order chi connectivity index (χ1) is 12.0. The van der Waals surface area contributed by atoms with E-state index < -0.39 is 5.69 Å². The highest BCUT2D eigenvalue weighted by atomic mass is 16.5. The van der Waals surface area contributed by atoms with Gasteiger partial charge in [0, 0.05) is 33.4 Å². The van der Waals surface area contributed by atoms with Crippen molar-refractivity contribution in [2.75, 3.05) is 26.8 Å². The molecule has 1 amide bonds. The van der Waals surface area contributed by atoms with E-state index in [2.05, 4.69) is 0 Å². The van der Waals surface area contributed by atoms with E-state index >= 15 is 0 Å². The lowest BCUT2D eigenvalue weighted by molar-refractivity contribution is -0.131. The van der Waals surface area contributed by atoms with Crippen molar-refractivity contribution in [2.24, 2.45) is 0 Å². The van der Waals surface area contributed by atoms with E-state index in [4.69, 9.17) is 4.74 Å². The maximum atomic E-state index is 12.8. The molecule has 0 atom stereocenters. The Labute approximate surface area is 146 Å². The summed E-state index contributed by atoms with van der Waals surface area (Å²) in [6.45, 7) is 5.59. The Morgan fingerprint density at radius 1 is 1.12 bits per heavy atom. The van der Waals surface area contributed by atoms with Crippen LogP contribution < -0.4 is 11.2 Å². The van der Waals surface area contributed by atoms with Crippen molar-refractivity contribution in [3.63, 3.8) is 0 Å². The summed E-state index contributed by atoms with van der Waals surface area (Å²) in [7, 11) is 1.57. The molecule has 2 rings (SSSR count). The number of para-hydroxylation sites is 1. The SMILES string of the molecule is CCN(CC)C(=O)Cn1c(=O)n(CCCOC)c(=O)c2ccccc21. The molecule has 25 heavy (non-hydrogen) atoms. The smallest absolute Gasteiger partial charge is 0.331 e. The Hall–Kier alpha value is -2.41. The van der Waals surface area contributed by atoms with Gasteiger partial charge >= 0.3 is 5.69 Å². The molecule has 0 fully saturated rings.